The number of nitrogens with zero attached hydrogens (tertiary/aromatic N) is 1. The minimum absolute atomic E-state index is 0.282. The molecule has 1 aromatic carbocycles. The number of aldehydes is 1. The van der Waals surface area contributed by atoms with Crippen molar-refractivity contribution in [1.82, 2.24) is 4.40 Å². The molecule has 18 heavy (non-hydrogen) atoms. The van der Waals surface area contributed by atoms with Crippen molar-refractivity contribution in [1.29, 1.82) is 0 Å². The number of pyridine rings is 1. The van der Waals surface area contributed by atoms with Crippen LogP contribution in [0.2, 0.25) is 0 Å². The van der Waals surface area contributed by atoms with Crippen LogP contribution in [0.3, 0.4) is 0 Å². The monoisotopic (exact) mass is 239 g/mol. The predicted octanol–water partition coefficient (Wildman–Crippen LogP) is 3.56. The fourth-order valence-electron chi connectivity index (χ4n) is 2.13. The van der Waals surface area contributed by atoms with E-state index in [2.05, 4.69) is 0 Å². The average Bonchev–Trinajstić information content (AvgIpc) is 2.78. The van der Waals surface area contributed by atoms with Crippen molar-refractivity contribution in [3.8, 4) is 11.1 Å². The maximum Gasteiger partial charge on any atom is 0.167 e. The van der Waals surface area contributed by atoms with Gasteiger partial charge in [-0.2, -0.15) is 0 Å². The summed E-state index contributed by atoms with van der Waals surface area (Å²) >= 11 is 0. The molecule has 2 aromatic heterocycles. The molecule has 3 heteroatoms. The molecule has 0 saturated heterocycles. The fourth-order valence-corrected chi connectivity index (χ4v) is 2.13. The molecule has 3 aromatic rings. The van der Waals surface area contributed by atoms with Gasteiger partial charge in [0, 0.05) is 17.3 Å². The van der Waals surface area contributed by atoms with Crippen molar-refractivity contribution in [2.24, 2.45) is 0 Å². The molecular formula is C15H10FNO. The Kier molecular flexibility index (Phi) is 2.45. The molecule has 0 fully saturated rings. The second-order valence-electron chi connectivity index (χ2n) is 4.06. The van der Waals surface area contributed by atoms with E-state index in [-0.39, 0.29) is 5.82 Å². The number of carbonyl (C=O) groups excluding carboxylic acids is 1. The summed E-state index contributed by atoms with van der Waals surface area (Å²) in [6, 6.07) is 13.8. The van der Waals surface area contributed by atoms with Gasteiger partial charge in [0.25, 0.3) is 0 Å². The van der Waals surface area contributed by atoms with Crippen LogP contribution in [0, 0.1) is 5.82 Å². The van der Waals surface area contributed by atoms with Crippen molar-refractivity contribution in [3.05, 3.63) is 66.2 Å². The highest BCUT2D eigenvalue weighted by molar-refractivity contribution is 5.89. The lowest BCUT2D eigenvalue weighted by Crippen LogP contribution is -1.91. The largest absolute Gasteiger partial charge is 0.314 e. The zero-order valence-electron chi connectivity index (χ0n) is 9.51. The number of hydrogen-bond donors (Lipinski definition) is 0. The lowest BCUT2D eigenvalue weighted by atomic mass is 10.1. The zero-order valence-corrected chi connectivity index (χ0v) is 9.51. The summed E-state index contributed by atoms with van der Waals surface area (Å²) in [5.41, 5.74) is 3.18. The van der Waals surface area contributed by atoms with E-state index in [1.54, 1.807) is 12.1 Å². The lowest BCUT2D eigenvalue weighted by Gasteiger charge is -2.00. The van der Waals surface area contributed by atoms with E-state index < -0.39 is 0 Å². The third kappa shape index (κ3) is 1.61. The summed E-state index contributed by atoms with van der Waals surface area (Å²) < 4.78 is 14.7. The van der Waals surface area contributed by atoms with Crippen LogP contribution in [0.5, 0.6) is 0 Å². The second-order valence-corrected chi connectivity index (χ2v) is 4.06. The molecule has 2 heterocycles. The van der Waals surface area contributed by atoms with Crippen molar-refractivity contribution in [2.75, 3.05) is 0 Å². The van der Waals surface area contributed by atoms with Gasteiger partial charge in [0.1, 0.15) is 5.82 Å². The summed E-state index contributed by atoms with van der Waals surface area (Å²) in [5.74, 6) is -0.282. The van der Waals surface area contributed by atoms with Gasteiger partial charge in [0.2, 0.25) is 0 Å². The van der Waals surface area contributed by atoms with Crippen molar-refractivity contribution < 1.29 is 9.18 Å². The van der Waals surface area contributed by atoms with Gasteiger partial charge in [0.05, 0.1) is 5.69 Å². The van der Waals surface area contributed by atoms with E-state index in [1.165, 1.54) is 12.1 Å². The number of carbonyl (C=O) groups is 1. The average molecular weight is 239 g/mol. The molecule has 0 unspecified atom stereocenters. The molecule has 0 spiro atoms. The molecule has 2 nitrogen and oxygen atoms in total. The summed E-state index contributed by atoms with van der Waals surface area (Å²) in [7, 11) is 0. The Hall–Kier alpha value is -2.42. The van der Waals surface area contributed by atoms with Gasteiger partial charge in [-0.15, -0.1) is 0 Å². The van der Waals surface area contributed by atoms with Gasteiger partial charge < -0.3 is 4.40 Å². The standard InChI is InChI=1S/C15H10FNO/c16-12-6-4-11(5-7-12)14-9-13-3-1-2-8-17(13)15(14)10-18/h1-10H. The number of rotatable bonds is 2. The van der Waals surface area contributed by atoms with Crippen LogP contribution in [0.4, 0.5) is 4.39 Å². The molecule has 0 aliphatic rings. The van der Waals surface area contributed by atoms with Gasteiger partial charge >= 0.3 is 0 Å². The molecule has 0 bridgehead atoms. The van der Waals surface area contributed by atoms with Gasteiger partial charge in [0.15, 0.2) is 6.29 Å². The first kappa shape index (κ1) is 10.7. The number of fused-ring (bicyclic) bond motifs is 1. The van der Waals surface area contributed by atoms with Crippen LogP contribution in [0.1, 0.15) is 10.5 Å². The number of benzene rings is 1. The molecule has 88 valence electrons. The normalized spacial score (nSPS) is 10.7. The third-order valence-electron chi connectivity index (χ3n) is 2.99. The molecule has 0 N–H and O–H groups in total. The number of hydrogen-bond acceptors (Lipinski definition) is 1. The van der Waals surface area contributed by atoms with Crippen LogP contribution in [0.15, 0.2) is 54.7 Å². The Labute approximate surface area is 103 Å². The van der Waals surface area contributed by atoms with Gasteiger partial charge in [-0.1, -0.05) is 18.2 Å². The first-order chi connectivity index (χ1) is 8.79. The minimum Gasteiger partial charge on any atom is -0.314 e. The van der Waals surface area contributed by atoms with Crippen molar-refractivity contribution in [2.45, 2.75) is 0 Å². The molecule has 0 atom stereocenters. The first-order valence-electron chi connectivity index (χ1n) is 5.61. The van der Waals surface area contributed by atoms with Gasteiger partial charge in [-0.05, 0) is 35.9 Å². The predicted molar refractivity (Wildman–Crippen MR) is 68.2 cm³/mol. The lowest BCUT2D eigenvalue weighted by molar-refractivity contribution is 0.111. The Morgan fingerprint density at radius 3 is 2.56 bits per heavy atom. The molecule has 0 saturated carbocycles. The summed E-state index contributed by atoms with van der Waals surface area (Å²) in [4.78, 5) is 11.2. The topological polar surface area (TPSA) is 21.5 Å². The van der Waals surface area contributed by atoms with E-state index in [1.807, 2.05) is 34.9 Å². The van der Waals surface area contributed by atoms with Crippen LogP contribution in [-0.4, -0.2) is 10.7 Å². The zero-order chi connectivity index (χ0) is 12.5. The van der Waals surface area contributed by atoms with Gasteiger partial charge in [-0.3, -0.25) is 4.79 Å². The second kappa shape index (κ2) is 4.11. The van der Waals surface area contributed by atoms with Crippen molar-refractivity contribution in [3.63, 3.8) is 0 Å². The van der Waals surface area contributed by atoms with E-state index in [4.69, 9.17) is 0 Å². The summed E-state index contributed by atoms with van der Waals surface area (Å²) in [5, 5.41) is 0. The minimum atomic E-state index is -0.282. The Bertz CT molecular complexity index is 713. The molecule has 0 aliphatic carbocycles. The molecular weight excluding hydrogens is 229 g/mol. The Morgan fingerprint density at radius 2 is 1.83 bits per heavy atom. The quantitative estimate of drug-likeness (QED) is 0.626. The smallest absolute Gasteiger partial charge is 0.167 e. The molecule has 0 aliphatic heterocycles. The highest BCUT2D eigenvalue weighted by atomic mass is 19.1. The maximum atomic E-state index is 12.9. The molecule has 3 rings (SSSR count). The maximum absolute atomic E-state index is 12.9. The fraction of sp³-hybridized carbons (Fsp3) is 0. The van der Waals surface area contributed by atoms with E-state index in [0.717, 1.165) is 22.9 Å². The summed E-state index contributed by atoms with van der Waals surface area (Å²) in [6.07, 6.45) is 2.66. The first-order valence-corrected chi connectivity index (χ1v) is 5.61. The van der Waals surface area contributed by atoms with E-state index in [0.29, 0.717) is 5.69 Å². The third-order valence-corrected chi connectivity index (χ3v) is 2.99. The number of aromatic nitrogens is 1. The highest BCUT2D eigenvalue weighted by Gasteiger charge is 2.10. The Balaban J connectivity index is 2.28. The molecule has 0 amide bonds. The van der Waals surface area contributed by atoms with Crippen LogP contribution in [0.25, 0.3) is 16.6 Å². The SMILES string of the molecule is O=Cc1c(-c2ccc(F)cc2)cc2ccccn12. The van der Waals surface area contributed by atoms with Crippen LogP contribution >= 0.6 is 0 Å². The van der Waals surface area contributed by atoms with Crippen LogP contribution < -0.4 is 0 Å². The molecule has 0 radical (unpaired) electrons. The van der Waals surface area contributed by atoms with E-state index >= 15 is 0 Å². The van der Waals surface area contributed by atoms with E-state index in [9.17, 15) is 9.18 Å². The number of halogens is 1. The highest BCUT2D eigenvalue weighted by Crippen LogP contribution is 2.26. The summed E-state index contributed by atoms with van der Waals surface area (Å²) in [6.45, 7) is 0. The van der Waals surface area contributed by atoms with Crippen LogP contribution in [-0.2, 0) is 0 Å². The van der Waals surface area contributed by atoms with Crippen molar-refractivity contribution >= 4 is 11.8 Å². The Morgan fingerprint density at radius 1 is 1.06 bits per heavy atom. The van der Waals surface area contributed by atoms with Gasteiger partial charge in [-0.25, -0.2) is 4.39 Å².